The SMILES string of the molecule is CC(O)CC(CNC(C)c1cc(F)c(F)c(F)c1)c1ccccc1. The van der Waals surface area contributed by atoms with E-state index in [-0.39, 0.29) is 12.0 Å². The highest BCUT2D eigenvalue weighted by Gasteiger charge is 2.18. The first-order chi connectivity index (χ1) is 11.4. The fourth-order valence-electron chi connectivity index (χ4n) is 2.74. The normalized spacial score (nSPS) is 15.1. The van der Waals surface area contributed by atoms with Crippen molar-refractivity contribution in [1.29, 1.82) is 0 Å². The monoisotopic (exact) mass is 337 g/mol. The van der Waals surface area contributed by atoms with Crippen molar-refractivity contribution in [3.8, 4) is 0 Å². The molecule has 5 heteroatoms. The van der Waals surface area contributed by atoms with Crippen molar-refractivity contribution in [3.63, 3.8) is 0 Å². The fraction of sp³-hybridized carbons (Fsp3) is 0.368. The van der Waals surface area contributed by atoms with Gasteiger partial charge in [0.05, 0.1) is 6.10 Å². The van der Waals surface area contributed by atoms with Gasteiger partial charge in [-0.2, -0.15) is 0 Å². The first kappa shape index (κ1) is 18.5. The molecule has 3 atom stereocenters. The lowest BCUT2D eigenvalue weighted by molar-refractivity contribution is 0.173. The molecule has 0 spiro atoms. The summed E-state index contributed by atoms with van der Waals surface area (Å²) in [5.41, 5.74) is 1.42. The maximum Gasteiger partial charge on any atom is 0.194 e. The van der Waals surface area contributed by atoms with E-state index in [0.29, 0.717) is 18.5 Å². The summed E-state index contributed by atoms with van der Waals surface area (Å²) in [7, 11) is 0. The van der Waals surface area contributed by atoms with E-state index < -0.39 is 23.6 Å². The zero-order chi connectivity index (χ0) is 17.7. The zero-order valence-corrected chi connectivity index (χ0v) is 13.8. The third kappa shape index (κ3) is 4.82. The Morgan fingerprint density at radius 3 is 2.08 bits per heavy atom. The molecule has 2 nitrogen and oxygen atoms in total. The summed E-state index contributed by atoms with van der Waals surface area (Å²) in [5.74, 6) is -3.78. The second-order valence-corrected chi connectivity index (χ2v) is 6.12. The molecule has 0 saturated carbocycles. The predicted octanol–water partition coefficient (Wildman–Crippen LogP) is 4.31. The van der Waals surface area contributed by atoms with E-state index >= 15 is 0 Å². The number of hydrogen-bond donors (Lipinski definition) is 2. The Hall–Kier alpha value is -1.85. The number of aliphatic hydroxyl groups excluding tert-OH is 1. The van der Waals surface area contributed by atoms with Gasteiger partial charge in [-0.3, -0.25) is 0 Å². The molecule has 0 aliphatic heterocycles. The van der Waals surface area contributed by atoms with Gasteiger partial charge < -0.3 is 10.4 Å². The van der Waals surface area contributed by atoms with Gasteiger partial charge in [0.1, 0.15) is 0 Å². The highest BCUT2D eigenvalue weighted by molar-refractivity contribution is 5.23. The number of nitrogens with one attached hydrogen (secondary N) is 1. The third-order valence-electron chi connectivity index (χ3n) is 4.07. The van der Waals surface area contributed by atoms with Crippen LogP contribution in [0.2, 0.25) is 0 Å². The second kappa shape index (κ2) is 8.31. The molecule has 0 aliphatic carbocycles. The second-order valence-electron chi connectivity index (χ2n) is 6.12. The van der Waals surface area contributed by atoms with E-state index in [9.17, 15) is 18.3 Å². The minimum absolute atomic E-state index is 0.0591. The van der Waals surface area contributed by atoms with Gasteiger partial charge in [0.25, 0.3) is 0 Å². The van der Waals surface area contributed by atoms with Crippen LogP contribution in [-0.4, -0.2) is 17.8 Å². The molecule has 24 heavy (non-hydrogen) atoms. The average Bonchev–Trinajstić information content (AvgIpc) is 2.56. The Bertz CT molecular complexity index is 638. The minimum atomic E-state index is -1.46. The summed E-state index contributed by atoms with van der Waals surface area (Å²) in [6, 6.07) is 11.4. The standard InChI is InChI=1S/C19H22F3NO/c1-12(24)8-16(14-6-4-3-5-7-14)11-23-13(2)15-9-17(20)19(22)18(21)10-15/h3-7,9-10,12-13,16,23-24H,8,11H2,1-2H3. The summed E-state index contributed by atoms with van der Waals surface area (Å²) in [6.45, 7) is 4.01. The highest BCUT2D eigenvalue weighted by Crippen LogP contribution is 2.23. The fourth-order valence-corrected chi connectivity index (χ4v) is 2.74. The van der Waals surface area contributed by atoms with E-state index in [4.69, 9.17) is 0 Å². The Labute approximate surface area is 140 Å². The van der Waals surface area contributed by atoms with E-state index in [2.05, 4.69) is 5.32 Å². The van der Waals surface area contributed by atoms with Gasteiger partial charge in [-0.05, 0) is 49.4 Å². The quantitative estimate of drug-likeness (QED) is 0.738. The molecule has 0 radical (unpaired) electrons. The molecule has 130 valence electrons. The van der Waals surface area contributed by atoms with Crippen LogP contribution >= 0.6 is 0 Å². The maximum absolute atomic E-state index is 13.4. The predicted molar refractivity (Wildman–Crippen MR) is 88.2 cm³/mol. The van der Waals surface area contributed by atoms with Crippen molar-refractivity contribution in [2.75, 3.05) is 6.54 Å². The molecular formula is C19H22F3NO. The van der Waals surface area contributed by atoms with Crippen LogP contribution in [0.25, 0.3) is 0 Å². The highest BCUT2D eigenvalue weighted by atomic mass is 19.2. The first-order valence-electron chi connectivity index (χ1n) is 7.99. The minimum Gasteiger partial charge on any atom is -0.393 e. The third-order valence-corrected chi connectivity index (χ3v) is 4.07. The van der Waals surface area contributed by atoms with E-state index in [0.717, 1.165) is 17.7 Å². The lowest BCUT2D eigenvalue weighted by Crippen LogP contribution is -2.27. The lowest BCUT2D eigenvalue weighted by atomic mass is 9.93. The molecule has 0 bridgehead atoms. The van der Waals surface area contributed by atoms with Crippen LogP contribution in [0.15, 0.2) is 42.5 Å². The van der Waals surface area contributed by atoms with Gasteiger partial charge >= 0.3 is 0 Å². The summed E-state index contributed by atoms with van der Waals surface area (Å²) in [6.07, 6.45) is 0.101. The summed E-state index contributed by atoms with van der Waals surface area (Å²) < 4.78 is 39.8. The van der Waals surface area contributed by atoms with Crippen molar-refractivity contribution in [3.05, 3.63) is 71.0 Å². The molecule has 2 aromatic rings. The number of rotatable bonds is 7. The zero-order valence-electron chi connectivity index (χ0n) is 13.8. The molecule has 3 unspecified atom stereocenters. The Balaban J connectivity index is 2.08. The van der Waals surface area contributed by atoms with Gasteiger partial charge in [-0.1, -0.05) is 30.3 Å². The topological polar surface area (TPSA) is 32.3 Å². The van der Waals surface area contributed by atoms with Crippen LogP contribution in [0.5, 0.6) is 0 Å². The summed E-state index contributed by atoms with van der Waals surface area (Å²) >= 11 is 0. The van der Waals surface area contributed by atoms with E-state index in [1.165, 1.54) is 0 Å². The van der Waals surface area contributed by atoms with Gasteiger partial charge in [0.15, 0.2) is 17.5 Å². The van der Waals surface area contributed by atoms with Crippen molar-refractivity contribution in [1.82, 2.24) is 5.32 Å². The Kier molecular flexibility index (Phi) is 6.40. The molecule has 2 N–H and O–H groups in total. The van der Waals surface area contributed by atoms with Crippen LogP contribution < -0.4 is 5.32 Å². The van der Waals surface area contributed by atoms with Gasteiger partial charge in [-0.15, -0.1) is 0 Å². The Morgan fingerprint density at radius 1 is 0.958 bits per heavy atom. The number of halogens is 3. The van der Waals surface area contributed by atoms with Crippen molar-refractivity contribution >= 4 is 0 Å². The smallest absolute Gasteiger partial charge is 0.194 e. The molecular weight excluding hydrogens is 315 g/mol. The molecule has 2 rings (SSSR count). The van der Waals surface area contributed by atoms with E-state index in [1.807, 2.05) is 30.3 Å². The molecule has 0 heterocycles. The summed E-state index contributed by atoms with van der Waals surface area (Å²) in [5, 5.41) is 12.9. The molecule has 0 amide bonds. The van der Waals surface area contributed by atoms with Crippen LogP contribution in [0.4, 0.5) is 13.2 Å². The number of hydrogen-bond acceptors (Lipinski definition) is 2. The van der Waals surface area contributed by atoms with Crippen LogP contribution in [-0.2, 0) is 0 Å². The first-order valence-corrected chi connectivity index (χ1v) is 7.99. The van der Waals surface area contributed by atoms with Crippen molar-refractivity contribution < 1.29 is 18.3 Å². The van der Waals surface area contributed by atoms with Crippen molar-refractivity contribution in [2.24, 2.45) is 0 Å². The van der Waals surface area contributed by atoms with Crippen LogP contribution in [0.3, 0.4) is 0 Å². The number of aliphatic hydroxyl groups is 1. The van der Waals surface area contributed by atoms with Gasteiger partial charge in [-0.25, -0.2) is 13.2 Å². The molecule has 0 aromatic heterocycles. The largest absolute Gasteiger partial charge is 0.393 e. The van der Waals surface area contributed by atoms with Gasteiger partial charge in [0, 0.05) is 12.6 Å². The lowest BCUT2D eigenvalue weighted by Gasteiger charge is -2.23. The molecule has 0 saturated heterocycles. The van der Waals surface area contributed by atoms with Crippen LogP contribution in [0, 0.1) is 17.5 Å². The molecule has 2 aromatic carbocycles. The van der Waals surface area contributed by atoms with Crippen molar-refractivity contribution in [2.45, 2.75) is 38.3 Å². The molecule has 0 fully saturated rings. The van der Waals surface area contributed by atoms with Gasteiger partial charge in [0.2, 0.25) is 0 Å². The van der Waals surface area contributed by atoms with Crippen LogP contribution in [0.1, 0.15) is 43.4 Å². The molecule has 0 aliphatic rings. The number of benzene rings is 2. The Morgan fingerprint density at radius 2 is 1.54 bits per heavy atom. The average molecular weight is 337 g/mol. The summed E-state index contributed by atoms with van der Waals surface area (Å²) in [4.78, 5) is 0. The van der Waals surface area contributed by atoms with E-state index in [1.54, 1.807) is 13.8 Å². The maximum atomic E-state index is 13.4.